The molecule has 8 heteroatoms. The van der Waals surface area contributed by atoms with E-state index in [-0.39, 0.29) is 18.1 Å². The highest BCUT2D eigenvalue weighted by molar-refractivity contribution is 7.91. The van der Waals surface area contributed by atoms with E-state index in [1.165, 1.54) is 0 Å². The van der Waals surface area contributed by atoms with Crippen molar-refractivity contribution in [3.8, 4) is 0 Å². The van der Waals surface area contributed by atoms with Gasteiger partial charge in [-0.3, -0.25) is 0 Å². The molecular weight excluding hydrogens is 260 g/mol. The van der Waals surface area contributed by atoms with E-state index in [1.807, 2.05) is 6.92 Å². The zero-order valence-corrected chi connectivity index (χ0v) is 11.5. The number of sulfone groups is 1. The van der Waals surface area contributed by atoms with Crippen LogP contribution in [-0.4, -0.2) is 45.8 Å². The SMILES string of the molecule is CCCCCS(=O)(=O)CCOC(=O)ONCCN. The summed E-state index contributed by atoms with van der Waals surface area (Å²) < 4.78 is 27.6. The van der Waals surface area contributed by atoms with Crippen molar-refractivity contribution in [1.82, 2.24) is 5.48 Å². The van der Waals surface area contributed by atoms with Crippen molar-refractivity contribution >= 4 is 16.0 Å². The highest BCUT2D eigenvalue weighted by atomic mass is 32.2. The van der Waals surface area contributed by atoms with E-state index >= 15 is 0 Å². The molecule has 7 nitrogen and oxygen atoms in total. The third kappa shape index (κ3) is 10.3. The van der Waals surface area contributed by atoms with E-state index in [1.54, 1.807) is 0 Å². The number of hydrogen-bond donors (Lipinski definition) is 2. The Kier molecular flexibility index (Phi) is 9.62. The number of unbranched alkanes of at least 4 members (excludes halogenated alkanes) is 2. The average Bonchev–Trinajstić information content (AvgIpc) is 2.29. The second-order valence-electron chi connectivity index (χ2n) is 3.74. The Labute approximate surface area is 108 Å². The zero-order valence-electron chi connectivity index (χ0n) is 10.7. The third-order valence-corrected chi connectivity index (χ3v) is 3.77. The Morgan fingerprint density at radius 2 is 2.00 bits per heavy atom. The standard InChI is InChI=1S/C10H22N2O5S/c1-2-3-4-8-18(14,15)9-7-16-10(13)17-12-6-5-11/h12H,2-9,11H2,1H3. The van der Waals surface area contributed by atoms with Crippen molar-refractivity contribution < 1.29 is 22.8 Å². The molecule has 0 aromatic rings. The Morgan fingerprint density at radius 1 is 1.28 bits per heavy atom. The van der Waals surface area contributed by atoms with Gasteiger partial charge in [0.2, 0.25) is 0 Å². The molecule has 0 saturated carbocycles. The smallest absolute Gasteiger partial charge is 0.432 e. The fraction of sp³-hybridized carbons (Fsp3) is 0.900. The fourth-order valence-corrected chi connectivity index (χ4v) is 2.31. The van der Waals surface area contributed by atoms with Gasteiger partial charge in [0, 0.05) is 13.1 Å². The number of rotatable bonds is 10. The normalized spacial score (nSPS) is 11.2. The Hall–Kier alpha value is -0.860. The zero-order chi connectivity index (χ0) is 13.9. The molecule has 0 amide bonds. The lowest BCUT2D eigenvalue weighted by atomic mass is 10.3. The number of nitrogens with two attached hydrogens (primary N) is 1. The third-order valence-electron chi connectivity index (χ3n) is 2.08. The first kappa shape index (κ1) is 17.1. The van der Waals surface area contributed by atoms with Gasteiger partial charge in [0.25, 0.3) is 0 Å². The summed E-state index contributed by atoms with van der Waals surface area (Å²) in [6.45, 7) is 2.43. The van der Waals surface area contributed by atoms with Gasteiger partial charge in [-0.25, -0.2) is 13.2 Å². The number of nitrogens with one attached hydrogen (secondary N) is 1. The molecule has 0 atom stereocenters. The van der Waals surface area contributed by atoms with Crippen LogP contribution in [0.15, 0.2) is 0 Å². The summed E-state index contributed by atoms with van der Waals surface area (Å²) in [5.41, 5.74) is 7.43. The molecule has 0 radical (unpaired) electrons. The van der Waals surface area contributed by atoms with Gasteiger partial charge in [-0.05, 0) is 6.42 Å². The van der Waals surface area contributed by atoms with Crippen LogP contribution in [0.2, 0.25) is 0 Å². The van der Waals surface area contributed by atoms with E-state index < -0.39 is 16.0 Å². The molecule has 0 aliphatic rings. The highest BCUT2D eigenvalue weighted by Gasteiger charge is 2.12. The summed E-state index contributed by atoms with van der Waals surface area (Å²) in [4.78, 5) is 15.3. The van der Waals surface area contributed by atoms with Gasteiger partial charge in [-0.15, -0.1) is 5.48 Å². The topological polar surface area (TPSA) is 108 Å². The van der Waals surface area contributed by atoms with E-state index in [0.29, 0.717) is 19.5 Å². The summed E-state index contributed by atoms with van der Waals surface area (Å²) in [5.74, 6) is -0.0482. The minimum atomic E-state index is -3.15. The van der Waals surface area contributed by atoms with Crippen molar-refractivity contribution in [2.75, 3.05) is 31.2 Å². The molecule has 0 aliphatic carbocycles. The monoisotopic (exact) mass is 282 g/mol. The van der Waals surface area contributed by atoms with Crippen molar-refractivity contribution in [3.05, 3.63) is 0 Å². The minimum absolute atomic E-state index is 0.130. The molecule has 0 aliphatic heterocycles. The summed E-state index contributed by atoms with van der Waals surface area (Å²) in [7, 11) is -3.15. The molecule has 18 heavy (non-hydrogen) atoms. The first-order valence-corrected chi connectivity index (χ1v) is 7.81. The predicted octanol–water partition coefficient (Wildman–Crippen LogP) is 0.208. The number of carbonyl (C=O) groups is 1. The lowest BCUT2D eigenvalue weighted by Crippen LogP contribution is -2.27. The molecule has 0 bridgehead atoms. The van der Waals surface area contributed by atoms with Crippen LogP contribution in [0.25, 0.3) is 0 Å². The number of hydroxylamine groups is 1. The minimum Gasteiger partial charge on any atom is -0.432 e. The molecule has 0 unspecified atom stereocenters. The molecule has 3 N–H and O–H groups in total. The summed E-state index contributed by atoms with van der Waals surface area (Å²) in [6.07, 6.45) is 1.53. The lowest BCUT2D eigenvalue weighted by Gasteiger charge is -2.06. The van der Waals surface area contributed by atoms with E-state index in [2.05, 4.69) is 15.1 Å². The summed E-state index contributed by atoms with van der Waals surface area (Å²) >= 11 is 0. The van der Waals surface area contributed by atoms with Gasteiger partial charge < -0.3 is 15.3 Å². The Balaban J connectivity index is 3.65. The van der Waals surface area contributed by atoms with Crippen LogP contribution in [0.5, 0.6) is 0 Å². The molecule has 0 heterocycles. The maximum Gasteiger partial charge on any atom is 0.527 e. The second-order valence-corrected chi connectivity index (χ2v) is 6.05. The molecule has 0 fully saturated rings. The van der Waals surface area contributed by atoms with Crippen LogP contribution in [0.3, 0.4) is 0 Å². The van der Waals surface area contributed by atoms with Gasteiger partial charge in [0.15, 0.2) is 9.84 Å². The largest absolute Gasteiger partial charge is 0.527 e. The van der Waals surface area contributed by atoms with Gasteiger partial charge in [0.1, 0.15) is 6.61 Å². The van der Waals surface area contributed by atoms with E-state index in [9.17, 15) is 13.2 Å². The quantitative estimate of drug-likeness (QED) is 0.335. The Morgan fingerprint density at radius 3 is 2.61 bits per heavy atom. The van der Waals surface area contributed by atoms with Gasteiger partial charge >= 0.3 is 6.16 Å². The van der Waals surface area contributed by atoms with Crippen LogP contribution in [0, 0.1) is 0 Å². The van der Waals surface area contributed by atoms with Crippen LogP contribution in [-0.2, 0) is 19.4 Å². The number of carbonyl (C=O) groups excluding carboxylic acids is 1. The van der Waals surface area contributed by atoms with Crippen LogP contribution in [0.4, 0.5) is 4.79 Å². The second kappa shape index (κ2) is 10.1. The molecule has 0 spiro atoms. The highest BCUT2D eigenvalue weighted by Crippen LogP contribution is 2.00. The van der Waals surface area contributed by atoms with Gasteiger partial charge in [-0.2, -0.15) is 0 Å². The van der Waals surface area contributed by atoms with Gasteiger partial charge in [-0.1, -0.05) is 19.8 Å². The molecule has 108 valence electrons. The number of hydrogen-bond acceptors (Lipinski definition) is 7. The first-order valence-electron chi connectivity index (χ1n) is 5.98. The molecule has 0 saturated heterocycles. The van der Waals surface area contributed by atoms with E-state index in [4.69, 9.17) is 5.73 Å². The van der Waals surface area contributed by atoms with Crippen molar-refractivity contribution in [3.63, 3.8) is 0 Å². The summed E-state index contributed by atoms with van der Waals surface area (Å²) in [5, 5.41) is 0. The van der Waals surface area contributed by atoms with E-state index in [0.717, 1.165) is 12.8 Å². The van der Waals surface area contributed by atoms with Crippen molar-refractivity contribution in [2.24, 2.45) is 5.73 Å². The Bertz CT molecular complexity index is 318. The lowest BCUT2D eigenvalue weighted by molar-refractivity contribution is 0.0208. The molecule has 0 rings (SSSR count). The molecule has 0 aromatic carbocycles. The fourth-order valence-electron chi connectivity index (χ4n) is 1.12. The predicted molar refractivity (Wildman–Crippen MR) is 67.7 cm³/mol. The van der Waals surface area contributed by atoms with Crippen LogP contribution >= 0.6 is 0 Å². The van der Waals surface area contributed by atoms with Crippen molar-refractivity contribution in [2.45, 2.75) is 26.2 Å². The average molecular weight is 282 g/mol. The first-order chi connectivity index (χ1) is 8.52. The number of ether oxygens (including phenoxy) is 1. The van der Waals surface area contributed by atoms with Crippen LogP contribution in [0.1, 0.15) is 26.2 Å². The maximum atomic E-state index is 11.5. The van der Waals surface area contributed by atoms with Crippen molar-refractivity contribution in [1.29, 1.82) is 0 Å². The molecule has 0 aromatic heterocycles. The molecular formula is C10H22N2O5S. The maximum absolute atomic E-state index is 11.5. The van der Waals surface area contributed by atoms with Crippen LogP contribution < -0.4 is 11.2 Å². The summed E-state index contributed by atoms with van der Waals surface area (Å²) in [6, 6.07) is 0. The van der Waals surface area contributed by atoms with Gasteiger partial charge in [0.05, 0.1) is 11.5 Å².